The second-order valence-electron chi connectivity index (χ2n) is 5.85. The Morgan fingerprint density at radius 3 is 2.19 bits per heavy atom. The minimum absolute atomic E-state index is 0.251. The van der Waals surface area contributed by atoms with Crippen molar-refractivity contribution in [2.45, 2.75) is 13.5 Å². The highest BCUT2D eigenvalue weighted by atomic mass is 32.2. The number of methoxy groups -OCH3 is 2. The van der Waals surface area contributed by atoms with Crippen LogP contribution in [0.25, 0.3) is 0 Å². The first-order chi connectivity index (χ1) is 12.8. The Hall–Kier alpha value is -2.74. The number of hydrogen-bond acceptors (Lipinski definition) is 5. The van der Waals surface area contributed by atoms with Crippen molar-refractivity contribution in [2.24, 2.45) is 0 Å². The Kier molecular flexibility index (Phi) is 6.68. The first kappa shape index (κ1) is 20.6. The number of nitrogens with one attached hydrogen (secondary N) is 1. The molecule has 146 valence electrons. The second kappa shape index (κ2) is 8.77. The van der Waals surface area contributed by atoms with E-state index >= 15 is 0 Å². The number of ether oxygens (including phenoxy) is 2. The first-order valence-electron chi connectivity index (χ1n) is 8.37. The molecule has 0 fully saturated rings. The van der Waals surface area contributed by atoms with Gasteiger partial charge in [0.25, 0.3) is 5.91 Å². The van der Waals surface area contributed by atoms with Crippen molar-refractivity contribution in [1.29, 1.82) is 0 Å². The van der Waals surface area contributed by atoms with Crippen LogP contribution < -0.4 is 19.1 Å². The van der Waals surface area contributed by atoms with E-state index in [2.05, 4.69) is 5.32 Å². The summed E-state index contributed by atoms with van der Waals surface area (Å²) in [5.74, 6) is 0.960. The van der Waals surface area contributed by atoms with E-state index in [1.807, 2.05) is 6.07 Å². The normalized spacial score (nSPS) is 11.0. The summed E-state index contributed by atoms with van der Waals surface area (Å²) >= 11 is 0. The van der Waals surface area contributed by atoms with E-state index in [1.165, 1.54) is 4.31 Å². The molecule has 7 nitrogen and oxygen atoms in total. The van der Waals surface area contributed by atoms with Gasteiger partial charge in [0.1, 0.15) is 0 Å². The van der Waals surface area contributed by atoms with E-state index in [0.717, 1.165) is 11.8 Å². The van der Waals surface area contributed by atoms with E-state index in [0.29, 0.717) is 35.8 Å². The molecule has 2 aromatic rings. The molecule has 0 spiro atoms. The number of nitrogens with zero attached hydrogens (tertiary/aromatic N) is 1. The fraction of sp³-hybridized carbons (Fsp3) is 0.316. The predicted molar refractivity (Wildman–Crippen MR) is 105 cm³/mol. The monoisotopic (exact) mass is 392 g/mol. The van der Waals surface area contributed by atoms with Crippen LogP contribution in [0.15, 0.2) is 42.5 Å². The third-order valence-corrected chi connectivity index (χ3v) is 5.28. The summed E-state index contributed by atoms with van der Waals surface area (Å²) in [6.45, 7) is 2.40. The Morgan fingerprint density at radius 1 is 1.04 bits per heavy atom. The molecular formula is C19H24N2O5S. The number of benzene rings is 2. The van der Waals surface area contributed by atoms with Crippen LogP contribution in [0.4, 0.5) is 5.69 Å². The highest BCUT2D eigenvalue weighted by Gasteiger charge is 2.15. The second-order valence-corrected chi connectivity index (χ2v) is 7.75. The lowest BCUT2D eigenvalue weighted by Gasteiger charge is -2.20. The smallest absolute Gasteiger partial charge is 0.251 e. The molecule has 0 saturated carbocycles. The molecule has 1 N–H and O–H groups in total. The molecule has 8 heteroatoms. The number of rotatable bonds is 8. The number of carbonyl (C=O) groups is 1. The molecule has 2 rings (SSSR count). The summed E-state index contributed by atoms with van der Waals surface area (Å²) in [5.41, 5.74) is 1.84. The summed E-state index contributed by atoms with van der Waals surface area (Å²) in [5, 5.41) is 2.83. The maximum atomic E-state index is 12.3. The molecule has 0 aliphatic heterocycles. The third kappa shape index (κ3) is 5.13. The van der Waals surface area contributed by atoms with E-state index < -0.39 is 10.0 Å². The van der Waals surface area contributed by atoms with Crippen LogP contribution in [-0.2, 0) is 16.6 Å². The lowest BCUT2D eigenvalue weighted by atomic mass is 10.1. The number of hydrogen-bond donors (Lipinski definition) is 1. The van der Waals surface area contributed by atoms with Gasteiger partial charge in [-0.1, -0.05) is 6.07 Å². The highest BCUT2D eigenvalue weighted by molar-refractivity contribution is 7.92. The zero-order valence-corrected chi connectivity index (χ0v) is 16.7. The van der Waals surface area contributed by atoms with Crippen molar-refractivity contribution in [2.75, 3.05) is 31.3 Å². The van der Waals surface area contributed by atoms with Gasteiger partial charge in [0.2, 0.25) is 10.0 Å². The first-order valence-corrected chi connectivity index (χ1v) is 10.2. The fourth-order valence-electron chi connectivity index (χ4n) is 2.66. The fourth-order valence-corrected chi connectivity index (χ4v) is 3.64. The van der Waals surface area contributed by atoms with Crippen LogP contribution in [0.3, 0.4) is 0 Å². The van der Waals surface area contributed by atoms with Crippen LogP contribution in [-0.4, -0.2) is 41.3 Å². The minimum Gasteiger partial charge on any atom is -0.493 e. The minimum atomic E-state index is -3.35. The van der Waals surface area contributed by atoms with Crippen molar-refractivity contribution < 1.29 is 22.7 Å². The van der Waals surface area contributed by atoms with Crippen molar-refractivity contribution in [3.63, 3.8) is 0 Å². The highest BCUT2D eigenvalue weighted by Crippen LogP contribution is 2.27. The van der Waals surface area contributed by atoms with Crippen LogP contribution in [0.5, 0.6) is 11.5 Å². The average molecular weight is 392 g/mol. The van der Waals surface area contributed by atoms with Gasteiger partial charge in [-0.25, -0.2) is 8.42 Å². The molecule has 0 atom stereocenters. The zero-order chi connectivity index (χ0) is 20.0. The van der Waals surface area contributed by atoms with E-state index in [9.17, 15) is 13.2 Å². The number of amides is 1. The maximum absolute atomic E-state index is 12.3. The molecule has 27 heavy (non-hydrogen) atoms. The Balaban J connectivity index is 2.06. The lowest BCUT2D eigenvalue weighted by Crippen LogP contribution is -2.29. The zero-order valence-electron chi connectivity index (χ0n) is 15.9. The summed E-state index contributed by atoms with van der Waals surface area (Å²) < 4.78 is 35.3. The topological polar surface area (TPSA) is 84.9 Å². The van der Waals surface area contributed by atoms with E-state index in [1.54, 1.807) is 57.5 Å². The molecule has 0 aliphatic carbocycles. The molecule has 0 aliphatic rings. The standard InChI is InChI=1S/C19H24N2O5S/c1-5-21(27(4,23)24)16-9-7-15(8-10-16)19(22)20-13-14-6-11-17(25-2)18(12-14)26-3/h6-12H,5,13H2,1-4H3,(H,20,22). The molecule has 0 unspecified atom stereocenters. The molecule has 0 aromatic heterocycles. The molecule has 0 bridgehead atoms. The summed E-state index contributed by atoms with van der Waals surface area (Å²) in [4.78, 5) is 12.3. The molecule has 0 saturated heterocycles. The number of sulfonamides is 1. The maximum Gasteiger partial charge on any atom is 0.251 e. The van der Waals surface area contributed by atoms with Crippen LogP contribution >= 0.6 is 0 Å². The van der Waals surface area contributed by atoms with Gasteiger partial charge in [-0.2, -0.15) is 0 Å². The van der Waals surface area contributed by atoms with E-state index in [4.69, 9.17) is 9.47 Å². The predicted octanol–water partition coefficient (Wildman–Crippen LogP) is 2.42. The number of carbonyl (C=O) groups excluding carboxylic acids is 1. The van der Waals surface area contributed by atoms with Crippen LogP contribution in [0.2, 0.25) is 0 Å². The van der Waals surface area contributed by atoms with Crippen molar-refractivity contribution in [3.8, 4) is 11.5 Å². The molecule has 1 amide bonds. The third-order valence-electron chi connectivity index (χ3n) is 4.01. The SMILES string of the molecule is CCN(c1ccc(C(=O)NCc2ccc(OC)c(OC)c2)cc1)S(C)(=O)=O. The van der Waals surface area contributed by atoms with Gasteiger partial charge in [-0.3, -0.25) is 9.10 Å². The van der Waals surface area contributed by atoms with E-state index in [-0.39, 0.29) is 5.91 Å². The molecule has 0 heterocycles. The van der Waals surface area contributed by atoms with Crippen molar-refractivity contribution in [1.82, 2.24) is 5.32 Å². The van der Waals surface area contributed by atoms with Crippen LogP contribution in [0, 0.1) is 0 Å². The molecule has 2 aromatic carbocycles. The Bertz CT molecular complexity index is 895. The number of anilines is 1. The van der Waals surface area contributed by atoms with Gasteiger partial charge in [-0.05, 0) is 48.9 Å². The van der Waals surface area contributed by atoms with Gasteiger partial charge in [0.15, 0.2) is 11.5 Å². The van der Waals surface area contributed by atoms with Gasteiger partial charge < -0.3 is 14.8 Å². The molecular weight excluding hydrogens is 368 g/mol. The van der Waals surface area contributed by atoms with Gasteiger partial charge >= 0.3 is 0 Å². The van der Waals surface area contributed by atoms with Crippen molar-refractivity contribution >= 4 is 21.6 Å². The summed E-state index contributed by atoms with van der Waals surface area (Å²) in [7, 11) is -0.234. The largest absolute Gasteiger partial charge is 0.493 e. The average Bonchev–Trinajstić information content (AvgIpc) is 2.65. The van der Waals surface area contributed by atoms with Crippen molar-refractivity contribution in [3.05, 3.63) is 53.6 Å². The lowest BCUT2D eigenvalue weighted by molar-refractivity contribution is 0.0951. The summed E-state index contributed by atoms with van der Waals surface area (Å²) in [6.07, 6.45) is 1.15. The Morgan fingerprint density at radius 2 is 1.67 bits per heavy atom. The Labute approximate surface area is 160 Å². The van der Waals surface area contributed by atoms with Gasteiger partial charge in [-0.15, -0.1) is 0 Å². The van der Waals surface area contributed by atoms with Gasteiger partial charge in [0.05, 0.1) is 26.2 Å². The summed E-state index contributed by atoms with van der Waals surface area (Å²) in [6, 6.07) is 11.9. The quantitative estimate of drug-likeness (QED) is 0.746. The van der Waals surface area contributed by atoms with Gasteiger partial charge in [0, 0.05) is 18.7 Å². The van der Waals surface area contributed by atoms with Crippen LogP contribution in [0.1, 0.15) is 22.8 Å². The molecule has 0 radical (unpaired) electrons.